The molecule has 0 heterocycles. The Kier molecular flexibility index (Phi) is 6.52. The summed E-state index contributed by atoms with van der Waals surface area (Å²) < 4.78 is 0. The van der Waals surface area contributed by atoms with Crippen molar-refractivity contribution in [1.82, 2.24) is 5.32 Å². The van der Waals surface area contributed by atoms with Crippen molar-refractivity contribution >= 4 is 18.3 Å². The number of hydrogen-bond donors (Lipinski definition) is 2. The topological polar surface area (TPSA) is 55.1 Å². The zero-order valence-corrected chi connectivity index (χ0v) is 8.12. The first-order valence-corrected chi connectivity index (χ1v) is 3.61. The van der Waals surface area contributed by atoms with Gasteiger partial charge in [-0.15, -0.1) is 12.4 Å². The Bertz CT molecular complexity index is 115. The lowest BCUT2D eigenvalue weighted by Gasteiger charge is -2.26. The van der Waals surface area contributed by atoms with E-state index in [9.17, 15) is 4.79 Å². The van der Waals surface area contributed by atoms with Gasteiger partial charge in [-0.25, -0.2) is 0 Å². The summed E-state index contributed by atoms with van der Waals surface area (Å²) in [6, 6.07) is 0. The quantitative estimate of drug-likeness (QED) is 0.669. The molecule has 0 spiro atoms. The highest BCUT2D eigenvalue weighted by Gasteiger charge is 2.29. The standard InChI is InChI=1S/C7H16N2O.ClH/c1-4-7(5-2,9-3)6(8)10;/h9H,4-5H2,1-3H3,(H2,8,10);1H. The summed E-state index contributed by atoms with van der Waals surface area (Å²) in [5.74, 6) is -0.264. The van der Waals surface area contributed by atoms with Gasteiger partial charge in [-0.3, -0.25) is 4.79 Å². The molecule has 0 bridgehead atoms. The highest BCUT2D eigenvalue weighted by Crippen LogP contribution is 2.12. The lowest BCUT2D eigenvalue weighted by Crippen LogP contribution is -2.52. The molecule has 0 aliphatic rings. The van der Waals surface area contributed by atoms with Crippen molar-refractivity contribution in [3.05, 3.63) is 0 Å². The Morgan fingerprint density at radius 3 is 1.82 bits per heavy atom. The number of halogens is 1. The number of rotatable bonds is 4. The van der Waals surface area contributed by atoms with E-state index in [2.05, 4.69) is 5.32 Å². The SMILES string of the molecule is CCC(CC)(NC)C(N)=O.Cl. The van der Waals surface area contributed by atoms with Crippen LogP contribution in [0.25, 0.3) is 0 Å². The van der Waals surface area contributed by atoms with Crippen molar-refractivity contribution in [2.45, 2.75) is 32.2 Å². The Hall–Kier alpha value is -0.280. The van der Waals surface area contributed by atoms with E-state index >= 15 is 0 Å². The lowest BCUT2D eigenvalue weighted by molar-refractivity contribution is -0.124. The first-order chi connectivity index (χ1) is 4.63. The molecule has 4 heteroatoms. The molecule has 0 unspecified atom stereocenters. The van der Waals surface area contributed by atoms with Gasteiger partial charge in [-0.2, -0.15) is 0 Å². The number of hydrogen-bond acceptors (Lipinski definition) is 2. The van der Waals surface area contributed by atoms with Crippen molar-refractivity contribution in [3.8, 4) is 0 Å². The number of nitrogens with one attached hydrogen (secondary N) is 1. The van der Waals surface area contributed by atoms with E-state index in [-0.39, 0.29) is 18.3 Å². The molecule has 0 atom stereocenters. The van der Waals surface area contributed by atoms with Crippen molar-refractivity contribution in [1.29, 1.82) is 0 Å². The predicted molar refractivity (Wildman–Crippen MR) is 48.8 cm³/mol. The molecule has 0 saturated heterocycles. The van der Waals surface area contributed by atoms with Gasteiger partial charge in [0.1, 0.15) is 0 Å². The summed E-state index contributed by atoms with van der Waals surface area (Å²) in [4.78, 5) is 10.9. The van der Waals surface area contributed by atoms with Crippen LogP contribution in [0.2, 0.25) is 0 Å². The van der Waals surface area contributed by atoms with Crippen molar-refractivity contribution in [3.63, 3.8) is 0 Å². The Balaban J connectivity index is 0. The lowest BCUT2D eigenvalue weighted by atomic mass is 9.92. The minimum atomic E-state index is -0.486. The van der Waals surface area contributed by atoms with Gasteiger partial charge in [0, 0.05) is 0 Å². The van der Waals surface area contributed by atoms with Crippen molar-refractivity contribution in [2.24, 2.45) is 5.73 Å². The fraction of sp³-hybridized carbons (Fsp3) is 0.857. The average molecular weight is 181 g/mol. The van der Waals surface area contributed by atoms with Crippen LogP contribution >= 0.6 is 12.4 Å². The monoisotopic (exact) mass is 180 g/mol. The minimum absolute atomic E-state index is 0. The number of nitrogens with two attached hydrogens (primary N) is 1. The van der Waals surface area contributed by atoms with Gasteiger partial charge in [-0.1, -0.05) is 13.8 Å². The highest BCUT2D eigenvalue weighted by atomic mass is 35.5. The van der Waals surface area contributed by atoms with E-state index in [4.69, 9.17) is 5.73 Å². The molecular formula is C7H17ClN2O. The molecule has 3 N–H and O–H groups in total. The largest absolute Gasteiger partial charge is 0.368 e. The average Bonchev–Trinajstić information content (AvgIpc) is 1.92. The van der Waals surface area contributed by atoms with E-state index in [0.717, 1.165) is 12.8 Å². The Morgan fingerprint density at radius 2 is 1.82 bits per heavy atom. The summed E-state index contributed by atoms with van der Waals surface area (Å²) in [5.41, 5.74) is 4.72. The second-order valence-electron chi connectivity index (χ2n) is 2.40. The van der Waals surface area contributed by atoms with Gasteiger partial charge >= 0.3 is 0 Å². The summed E-state index contributed by atoms with van der Waals surface area (Å²) in [5, 5.41) is 2.94. The van der Waals surface area contributed by atoms with Crippen LogP contribution in [0, 0.1) is 0 Å². The molecular weight excluding hydrogens is 164 g/mol. The van der Waals surface area contributed by atoms with Gasteiger partial charge in [0.25, 0.3) is 0 Å². The van der Waals surface area contributed by atoms with E-state index in [0.29, 0.717) is 0 Å². The number of likely N-dealkylation sites (N-methyl/N-ethyl adjacent to an activating group) is 1. The summed E-state index contributed by atoms with van der Waals surface area (Å²) in [7, 11) is 1.76. The number of carbonyl (C=O) groups excluding carboxylic acids is 1. The van der Waals surface area contributed by atoms with Crippen LogP contribution in [-0.2, 0) is 4.79 Å². The van der Waals surface area contributed by atoms with Crippen molar-refractivity contribution in [2.75, 3.05) is 7.05 Å². The molecule has 68 valence electrons. The second-order valence-corrected chi connectivity index (χ2v) is 2.40. The highest BCUT2D eigenvalue weighted by molar-refractivity contribution is 5.85. The normalized spacial score (nSPS) is 10.5. The van der Waals surface area contributed by atoms with Crippen LogP contribution in [0.1, 0.15) is 26.7 Å². The fourth-order valence-corrected chi connectivity index (χ4v) is 1.08. The van der Waals surface area contributed by atoms with Crippen LogP contribution in [0.3, 0.4) is 0 Å². The number of primary amides is 1. The zero-order valence-electron chi connectivity index (χ0n) is 7.31. The van der Waals surface area contributed by atoms with Crippen LogP contribution in [0.4, 0.5) is 0 Å². The predicted octanol–water partition coefficient (Wildman–Crippen LogP) is 0.672. The van der Waals surface area contributed by atoms with Gasteiger partial charge < -0.3 is 11.1 Å². The summed E-state index contributed by atoms with van der Waals surface area (Å²) >= 11 is 0. The van der Waals surface area contributed by atoms with Gasteiger partial charge in [0.2, 0.25) is 5.91 Å². The van der Waals surface area contributed by atoms with Gasteiger partial charge in [-0.05, 0) is 19.9 Å². The van der Waals surface area contributed by atoms with Crippen LogP contribution in [0.5, 0.6) is 0 Å². The van der Waals surface area contributed by atoms with E-state index in [1.165, 1.54) is 0 Å². The third-order valence-electron chi connectivity index (χ3n) is 2.16. The molecule has 1 amide bonds. The zero-order chi connectivity index (χ0) is 8.20. The molecule has 0 aromatic carbocycles. The third kappa shape index (κ3) is 2.67. The maximum Gasteiger partial charge on any atom is 0.237 e. The maximum absolute atomic E-state index is 10.9. The molecule has 0 rings (SSSR count). The molecule has 0 aliphatic heterocycles. The van der Waals surface area contributed by atoms with Crippen LogP contribution in [0.15, 0.2) is 0 Å². The molecule has 0 aliphatic carbocycles. The molecule has 11 heavy (non-hydrogen) atoms. The summed E-state index contributed by atoms with van der Waals surface area (Å²) in [6.07, 6.45) is 1.49. The molecule has 3 nitrogen and oxygen atoms in total. The number of carbonyl (C=O) groups is 1. The van der Waals surface area contributed by atoms with Crippen LogP contribution in [-0.4, -0.2) is 18.5 Å². The Morgan fingerprint density at radius 1 is 1.45 bits per heavy atom. The molecule has 0 aromatic rings. The first kappa shape index (κ1) is 13.3. The molecule has 0 saturated carbocycles. The Labute approximate surface area is 74.1 Å². The molecule has 0 radical (unpaired) electrons. The summed E-state index contributed by atoms with van der Waals surface area (Å²) in [6.45, 7) is 3.90. The van der Waals surface area contributed by atoms with Crippen molar-refractivity contribution < 1.29 is 4.79 Å². The first-order valence-electron chi connectivity index (χ1n) is 3.61. The van der Waals surface area contributed by atoms with E-state index in [1.54, 1.807) is 7.05 Å². The third-order valence-corrected chi connectivity index (χ3v) is 2.16. The smallest absolute Gasteiger partial charge is 0.237 e. The maximum atomic E-state index is 10.9. The number of amides is 1. The minimum Gasteiger partial charge on any atom is -0.368 e. The van der Waals surface area contributed by atoms with Crippen LogP contribution < -0.4 is 11.1 Å². The molecule has 0 fully saturated rings. The van der Waals surface area contributed by atoms with E-state index in [1.807, 2.05) is 13.8 Å². The fourth-order valence-electron chi connectivity index (χ4n) is 1.08. The second kappa shape index (κ2) is 5.38. The van der Waals surface area contributed by atoms with Gasteiger partial charge in [0.05, 0.1) is 5.54 Å². The van der Waals surface area contributed by atoms with Gasteiger partial charge in [0.15, 0.2) is 0 Å². The molecule has 0 aromatic heterocycles. The van der Waals surface area contributed by atoms with E-state index < -0.39 is 5.54 Å².